The third kappa shape index (κ3) is 3.46. The Morgan fingerprint density at radius 3 is 2.55 bits per heavy atom. The lowest BCUT2D eigenvalue weighted by Crippen LogP contribution is -2.40. The minimum absolute atomic E-state index is 0.0269. The smallest absolute Gasteiger partial charge is 0.248 e. The van der Waals surface area contributed by atoms with E-state index in [1.807, 2.05) is 54.6 Å². The van der Waals surface area contributed by atoms with Gasteiger partial charge in [-0.25, -0.2) is 0 Å². The number of benzene rings is 2. The van der Waals surface area contributed by atoms with Gasteiger partial charge in [-0.2, -0.15) is 0 Å². The quantitative estimate of drug-likeness (QED) is 0.871. The van der Waals surface area contributed by atoms with Crippen molar-refractivity contribution < 1.29 is 14.3 Å². The summed E-state index contributed by atoms with van der Waals surface area (Å²) in [6, 6.07) is 17.9. The van der Waals surface area contributed by atoms with Crippen LogP contribution in [0.4, 0.5) is 0 Å². The predicted octanol–water partition coefficient (Wildman–Crippen LogP) is 2.80. The number of likely N-dealkylation sites (N-methyl/N-ethyl adjacent to an activating group) is 1. The summed E-state index contributed by atoms with van der Waals surface area (Å²) in [5, 5.41) is 0. The van der Waals surface area contributed by atoms with Crippen molar-refractivity contribution in [3.63, 3.8) is 0 Å². The highest BCUT2D eigenvalue weighted by atomic mass is 16.5. The molecule has 0 unspecified atom stereocenters. The Kier molecular flexibility index (Phi) is 4.39. The molecule has 1 fully saturated rings. The van der Waals surface area contributed by atoms with Crippen LogP contribution in [0.25, 0.3) is 0 Å². The number of amides is 1. The average Bonchev–Trinajstić information content (AvgIpc) is 2.57. The topological polar surface area (TPSA) is 38.8 Å². The van der Waals surface area contributed by atoms with Crippen LogP contribution in [-0.2, 0) is 16.1 Å². The van der Waals surface area contributed by atoms with Crippen LogP contribution in [-0.4, -0.2) is 31.0 Å². The molecule has 1 saturated heterocycles. The molecule has 0 N–H and O–H groups in total. The highest BCUT2D eigenvalue weighted by Crippen LogP contribution is 2.24. The molecule has 114 valence electrons. The molecule has 0 aromatic heterocycles. The molecule has 0 bridgehead atoms. The number of nitrogens with zero attached hydrogens (tertiary/aromatic N) is 1. The maximum Gasteiger partial charge on any atom is 0.248 e. The average molecular weight is 297 g/mol. The lowest BCUT2D eigenvalue weighted by Gasteiger charge is -2.30. The summed E-state index contributed by atoms with van der Waals surface area (Å²) in [7, 11) is 1.80. The van der Waals surface area contributed by atoms with Crippen molar-refractivity contribution in [2.45, 2.75) is 12.7 Å². The molecule has 2 aromatic rings. The Labute approximate surface area is 130 Å². The standard InChI is InChI=1S/C18H19NO3/c1-19-11-17(22-13-18(19)20)15-7-9-16(10-8-15)21-12-14-5-3-2-4-6-14/h2-10,17H,11-13H2,1H3/t17-/m1/s1. The van der Waals surface area contributed by atoms with E-state index in [0.717, 1.165) is 16.9 Å². The van der Waals surface area contributed by atoms with Gasteiger partial charge in [0, 0.05) is 7.05 Å². The molecule has 3 rings (SSSR count). The van der Waals surface area contributed by atoms with Gasteiger partial charge in [0.2, 0.25) is 5.91 Å². The van der Waals surface area contributed by atoms with Crippen LogP contribution in [0.3, 0.4) is 0 Å². The summed E-state index contributed by atoms with van der Waals surface area (Å²) in [5.74, 6) is 0.854. The molecule has 4 nitrogen and oxygen atoms in total. The largest absolute Gasteiger partial charge is 0.489 e. The molecule has 0 radical (unpaired) electrons. The minimum Gasteiger partial charge on any atom is -0.489 e. The van der Waals surface area contributed by atoms with Crippen molar-refractivity contribution in [2.24, 2.45) is 0 Å². The van der Waals surface area contributed by atoms with E-state index in [0.29, 0.717) is 13.2 Å². The van der Waals surface area contributed by atoms with Crippen LogP contribution in [0.1, 0.15) is 17.2 Å². The molecule has 1 heterocycles. The van der Waals surface area contributed by atoms with E-state index >= 15 is 0 Å². The molecule has 0 saturated carbocycles. The summed E-state index contributed by atoms with van der Waals surface area (Å²) in [6.07, 6.45) is -0.0640. The highest BCUT2D eigenvalue weighted by Gasteiger charge is 2.24. The second-order valence-electron chi connectivity index (χ2n) is 5.42. The fourth-order valence-corrected chi connectivity index (χ4v) is 2.41. The van der Waals surface area contributed by atoms with Crippen LogP contribution in [0.15, 0.2) is 54.6 Å². The summed E-state index contributed by atoms with van der Waals surface area (Å²) < 4.78 is 11.4. The van der Waals surface area contributed by atoms with Gasteiger partial charge < -0.3 is 14.4 Å². The van der Waals surface area contributed by atoms with Gasteiger partial charge in [-0.05, 0) is 23.3 Å². The van der Waals surface area contributed by atoms with E-state index in [-0.39, 0.29) is 18.6 Å². The molecule has 2 aromatic carbocycles. The first-order valence-electron chi connectivity index (χ1n) is 7.34. The molecule has 22 heavy (non-hydrogen) atoms. The van der Waals surface area contributed by atoms with Gasteiger partial charge in [0.15, 0.2) is 0 Å². The summed E-state index contributed by atoms with van der Waals surface area (Å²) in [4.78, 5) is 13.1. The molecule has 1 aliphatic rings. The van der Waals surface area contributed by atoms with Gasteiger partial charge in [-0.3, -0.25) is 4.79 Å². The zero-order valence-corrected chi connectivity index (χ0v) is 12.6. The number of hydrogen-bond donors (Lipinski definition) is 0. The second kappa shape index (κ2) is 6.62. The Bertz CT molecular complexity index is 625. The SMILES string of the molecule is CN1C[C@H](c2ccc(OCc3ccccc3)cc2)OCC1=O. The van der Waals surface area contributed by atoms with Crippen molar-refractivity contribution in [1.82, 2.24) is 4.90 Å². The van der Waals surface area contributed by atoms with Crippen molar-refractivity contribution in [3.05, 3.63) is 65.7 Å². The first-order valence-corrected chi connectivity index (χ1v) is 7.34. The van der Waals surface area contributed by atoms with Crippen LogP contribution >= 0.6 is 0 Å². The normalized spacial score (nSPS) is 18.3. The van der Waals surface area contributed by atoms with Crippen LogP contribution < -0.4 is 4.74 Å². The molecule has 1 atom stereocenters. The zero-order chi connectivity index (χ0) is 15.4. The van der Waals surface area contributed by atoms with Crippen LogP contribution in [0.2, 0.25) is 0 Å². The monoisotopic (exact) mass is 297 g/mol. The number of carbonyl (C=O) groups excluding carboxylic acids is 1. The van der Waals surface area contributed by atoms with E-state index in [2.05, 4.69) is 0 Å². The number of hydrogen-bond acceptors (Lipinski definition) is 3. The van der Waals surface area contributed by atoms with Gasteiger partial charge in [-0.15, -0.1) is 0 Å². The van der Waals surface area contributed by atoms with E-state index in [4.69, 9.17) is 9.47 Å². The number of ether oxygens (including phenoxy) is 2. The first-order chi connectivity index (χ1) is 10.7. The number of rotatable bonds is 4. The van der Waals surface area contributed by atoms with Crippen molar-refractivity contribution >= 4 is 5.91 Å². The van der Waals surface area contributed by atoms with Crippen molar-refractivity contribution in [1.29, 1.82) is 0 Å². The number of carbonyl (C=O) groups is 1. The molecule has 0 aliphatic carbocycles. The highest BCUT2D eigenvalue weighted by molar-refractivity contribution is 5.77. The Morgan fingerprint density at radius 1 is 1.14 bits per heavy atom. The third-order valence-corrected chi connectivity index (χ3v) is 3.77. The minimum atomic E-state index is -0.0640. The van der Waals surface area contributed by atoms with E-state index < -0.39 is 0 Å². The van der Waals surface area contributed by atoms with Crippen molar-refractivity contribution in [3.8, 4) is 5.75 Å². The fourth-order valence-electron chi connectivity index (χ4n) is 2.41. The van der Waals surface area contributed by atoms with E-state index in [1.165, 1.54) is 0 Å². The Balaban J connectivity index is 1.59. The molecule has 1 aliphatic heterocycles. The molecule has 1 amide bonds. The Hall–Kier alpha value is -2.33. The summed E-state index contributed by atoms with van der Waals surface area (Å²) in [6.45, 7) is 1.29. The maximum atomic E-state index is 11.4. The summed E-state index contributed by atoms with van der Waals surface area (Å²) >= 11 is 0. The van der Waals surface area contributed by atoms with Crippen LogP contribution in [0, 0.1) is 0 Å². The van der Waals surface area contributed by atoms with Gasteiger partial charge >= 0.3 is 0 Å². The Morgan fingerprint density at radius 2 is 1.86 bits per heavy atom. The van der Waals surface area contributed by atoms with Crippen LogP contribution in [0.5, 0.6) is 5.75 Å². The van der Waals surface area contributed by atoms with Crippen molar-refractivity contribution in [2.75, 3.05) is 20.2 Å². The zero-order valence-electron chi connectivity index (χ0n) is 12.6. The summed E-state index contributed by atoms with van der Waals surface area (Å²) in [5.41, 5.74) is 2.20. The van der Waals surface area contributed by atoms with E-state index in [1.54, 1.807) is 11.9 Å². The maximum absolute atomic E-state index is 11.4. The predicted molar refractivity (Wildman–Crippen MR) is 83.5 cm³/mol. The number of morpholine rings is 1. The van der Waals surface area contributed by atoms with Gasteiger partial charge in [0.1, 0.15) is 25.1 Å². The molecule has 4 heteroatoms. The first kappa shape index (κ1) is 14.6. The third-order valence-electron chi connectivity index (χ3n) is 3.77. The second-order valence-corrected chi connectivity index (χ2v) is 5.42. The fraction of sp³-hybridized carbons (Fsp3) is 0.278. The lowest BCUT2D eigenvalue weighted by molar-refractivity contribution is -0.147. The molecule has 0 spiro atoms. The van der Waals surface area contributed by atoms with Gasteiger partial charge in [0.25, 0.3) is 0 Å². The van der Waals surface area contributed by atoms with Gasteiger partial charge in [-0.1, -0.05) is 42.5 Å². The molecular weight excluding hydrogens is 278 g/mol. The lowest BCUT2D eigenvalue weighted by atomic mass is 10.1. The van der Waals surface area contributed by atoms with E-state index in [9.17, 15) is 4.79 Å². The van der Waals surface area contributed by atoms with Gasteiger partial charge in [0.05, 0.1) is 6.54 Å². The molecular formula is C18H19NO3.